The van der Waals surface area contributed by atoms with Gasteiger partial charge in [0.1, 0.15) is 0 Å². The number of rotatable bonds is 9. The monoisotopic (exact) mass is 413 g/mol. The first-order valence-corrected chi connectivity index (χ1v) is 10.9. The number of amides is 2. The minimum Gasteiger partial charge on any atom is -0.463 e. The molecule has 1 aromatic carbocycles. The molecule has 2 amide bonds. The summed E-state index contributed by atoms with van der Waals surface area (Å²) in [5.74, 6) is -0.305. The number of hydrogen-bond donors (Lipinski definition) is 3. The fraction of sp³-hybridized carbons (Fsp3) is 0.478. The van der Waals surface area contributed by atoms with Gasteiger partial charge in [-0.1, -0.05) is 38.0 Å². The summed E-state index contributed by atoms with van der Waals surface area (Å²) >= 11 is 0. The summed E-state index contributed by atoms with van der Waals surface area (Å²) in [6.07, 6.45) is 4.67. The predicted octanol–water partition coefficient (Wildman–Crippen LogP) is 1.15. The van der Waals surface area contributed by atoms with Gasteiger partial charge in [0, 0.05) is 12.2 Å². The number of nitrogens with one attached hydrogen (secondary N) is 3. The van der Waals surface area contributed by atoms with Crippen LogP contribution < -0.4 is 20.4 Å². The number of benzene rings is 1. The van der Waals surface area contributed by atoms with Gasteiger partial charge >= 0.3 is 11.8 Å². The van der Waals surface area contributed by atoms with Crippen molar-refractivity contribution in [1.29, 1.82) is 0 Å². The molecule has 30 heavy (non-hydrogen) atoms. The van der Waals surface area contributed by atoms with Gasteiger partial charge in [-0.25, -0.2) is 0 Å². The lowest BCUT2D eigenvalue weighted by Crippen LogP contribution is -3.15. The molecule has 3 rings (SSSR count). The van der Waals surface area contributed by atoms with Crippen molar-refractivity contribution in [3.63, 3.8) is 0 Å². The number of nitrogens with zero attached hydrogens (tertiary/aromatic N) is 1. The fourth-order valence-electron chi connectivity index (χ4n) is 3.91. The molecule has 0 bridgehead atoms. The smallest absolute Gasteiger partial charge is 0.309 e. The van der Waals surface area contributed by atoms with E-state index in [0.717, 1.165) is 51.2 Å². The van der Waals surface area contributed by atoms with E-state index >= 15 is 0 Å². The minimum atomic E-state index is -0.578. The maximum atomic E-state index is 12.2. The van der Waals surface area contributed by atoms with Crippen molar-refractivity contribution in [1.82, 2.24) is 10.6 Å². The van der Waals surface area contributed by atoms with Gasteiger partial charge in [-0.15, -0.1) is 0 Å². The maximum absolute atomic E-state index is 12.2. The number of furan rings is 1. The van der Waals surface area contributed by atoms with Crippen LogP contribution in [0.15, 0.2) is 53.1 Å². The van der Waals surface area contributed by atoms with Gasteiger partial charge in [0.2, 0.25) is 0 Å². The second kappa shape index (κ2) is 11.4. The first-order valence-electron chi connectivity index (χ1n) is 10.9. The van der Waals surface area contributed by atoms with E-state index < -0.39 is 11.8 Å². The number of para-hydroxylation sites is 1. The van der Waals surface area contributed by atoms with Crippen molar-refractivity contribution in [2.45, 2.75) is 32.2 Å². The average Bonchev–Trinajstić information content (AvgIpc) is 3.32. The van der Waals surface area contributed by atoms with Gasteiger partial charge in [-0.2, -0.15) is 0 Å². The van der Waals surface area contributed by atoms with Crippen LogP contribution in [0.2, 0.25) is 0 Å². The third kappa shape index (κ3) is 6.10. The quantitative estimate of drug-likeness (QED) is 0.426. The van der Waals surface area contributed by atoms with E-state index in [0.29, 0.717) is 13.1 Å². The molecule has 2 aromatic rings. The van der Waals surface area contributed by atoms with E-state index in [1.807, 2.05) is 18.2 Å². The summed E-state index contributed by atoms with van der Waals surface area (Å²) in [5, 5.41) is 5.50. The van der Waals surface area contributed by atoms with Crippen molar-refractivity contribution in [3.8, 4) is 0 Å². The highest BCUT2D eigenvalue weighted by Gasteiger charge is 2.31. The van der Waals surface area contributed by atoms with E-state index in [2.05, 4.69) is 46.7 Å². The molecule has 0 radical (unpaired) electrons. The molecule has 1 atom stereocenters. The lowest BCUT2D eigenvalue weighted by molar-refractivity contribution is -0.932. The largest absolute Gasteiger partial charge is 0.463 e. The van der Waals surface area contributed by atoms with Crippen LogP contribution in [0, 0.1) is 0 Å². The third-order valence-corrected chi connectivity index (χ3v) is 5.65. The molecule has 1 aliphatic rings. The Balaban J connectivity index is 1.53. The molecular formula is C23H33N4O3+. The molecule has 0 saturated carbocycles. The predicted molar refractivity (Wildman–Crippen MR) is 116 cm³/mol. The zero-order valence-electron chi connectivity index (χ0n) is 17.7. The Labute approximate surface area is 178 Å². The van der Waals surface area contributed by atoms with Crippen LogP contribution in [0.3, 0.4) is 0 Å². The second-order valence-corrected chi connectivity index (χ2v) is 7.72. The molecule has 7 nitrogen and oxygen atoms in total. The van der Waals surface area contributed by atoms with E-state index in [1.54, 1.807) is 6.26 Å². The van der Waals surface area contributed by atoms with E-state index in [9.17, 15) is 9.59 Å². The molecular weight excluding hydrogens is 380 g/mol. The Bertz CT molecular complexity index is 771. The second-order valence-electron chi connectivity index (χ2n) is 7.72. The SMILES string of the molecule is CCCCCNC(=O)C(=O)NC[C@@H](c1ccco1)[NH+]1CCN(c2ccccc2)CC1. The summed E-state index contributed by atoms with van der Waals surface area (Å²) in [5.41, 5.74) is 1.24. The number of carbonyl (C=O) groups is 2. The van der Waals surface area contributed by atoms with Crippen molar-refractivity contribution >= 4 is 17.5 Å². The van der Waals surface area contributed by atoms with Gasteiger partial charge in [0.15, 0.2) is 11.8 Å². The fourth-order valence-corrected chi connectivity index (χ4v) is 3.91. The molecule has 0 spiro atoms. The highest BCUT2D eigenvalue weighted by Crippen LogP contribution is 2.14. The minimum absolute atomic E-state index is 0.0187. The van der Waals surface area contributed by atoms with Crippen molar-refractivity contribution < 1.29 is 18.9 Å². The number of piperazine rings is 1. The van der Waals surface area contributed by atoms with Crippen molar-refractivity contribution in [2.75, 3.05) is 44.2 Å². The standard InChI is InChI=1S/C23H32N4O3/c1-2-3-7-12-24-22(28)23(29)25-18-20(21-11-8-17-30-21)27-15-13-26(14-16-27)19-9-5-4-6-10-19/h4-6,8-11,17,20H,2-3,7,12-16,18H2,1H3,(H,24,28)(H,25,29)/p+1/t20-/m0/s1. The molecule has 1 fully saturated rings. The number of carbonyl (C=O) groups excluding carboxylic acids is 2. The average molecular weight is 414 g/mol. The first kappa shape index (κ1) is 21.9. The van der Waals surface area contributed by atoms with Crippen LogP contribution in [-0.4, -0.2) is 51.1 Å². The van der Waals surface area contributed by atoms with Crippen LogP contribution >= 0.6 is 0 Å². The van der Waals surface area contributed by atoms with E-state index in [4.69, 9.17) is 4.42 Å². The molecule has 1 saturated heterocycles. The first-order chi connectivity index (χ1) is 14.7. The summed E-state index contributed by atoms with van der Waals surface area (Å²) in [6, 6.07) is 14.2. The number of hydrogen-bond acceptors (Lipinski definition) is 4. The summed E-state index contributed by atoms with van der Waals surface area (Å²) in [7, 11) is 0. The zero-order valence-corrected chi connectivity index (χ0v) is 17.7. The van der Waals surface area contributed by atoms with Crippen LogP contribution in [0.4, 0.5) is 5.69 Å². The van der Waals surface area contributed by atoms with E-state index in [-0.39, 0.29) is 6.04 Å². The number of unbranched alkanes of at least 4 members (excludes halogenated alkanes) is 2. The molecule has 3 N–H and O–H groups in total. The topological polar surface area (TPSA) is 79.0 Å². The lowest BCUT2D eigenvalue weighted by Gasteiger charge is -2.37. The number of quaternary nitrogens is 1. The van der Waals surface area contributed by atoms with Gasteiger partial charge in [0.25, 0.3) is 0 Å². The molecule has 0 aliphatic carbocycles. The van der Waals surface area contributed by atoms with Gasteiger partial charge in [0.05, 0.1) is 39.0 Å². The molecule has 1 aromatic heterocycles. The van der Waals surface area contributed by atoms with Crippen LogP contribution in [0.25, 0.3) is 0 Å². The number of anilines is 1. The molecule has 162 valence electrons. The van der Waals surface area contributed by atoms with Crippen molar-refractivity contribution in [3.05, 3.63) is 54.5 Å². The van der Waals surface area contributed by atoms with Gasteiger partial charge in [-0.3, -0.25) is 9.59 Å². The maximum Gasteiger partial charge on any atom is 0.309 e. The summed E-state index contributed by atoms with van der Waals surface area (Å²) in [6.45, 7) is 6.73. The Hall–Kier alpha value is -2.80. The zero-order chi connectivity index (χ0) is 21.2. The Morgan fingerprint density at radius 1 is 1.03 bits per heavy atom. The normalized spacial score (nSPS) is 15.6. The molecule has 0 unspecified atom stereocenters. The van der Waals surface area contributed by atoms with Gasteiger partial charge in [-0.05, 0) is 30.7 Å². The van der Waals surface area contributed by atoms with Crippen LogP contribution in [0.5, 0.6) is 0 Å². The highest BCUT2D eigenvalue weighted by atomic mass is 16.3. The third-order valence-electron chi connectivity index (χ3n) is 5.65. The summed E-state index contributed by atoms with van der Waals surface area (Å²) in [4.78, 5) is 28.0. The molecule has 1 aliphatic heterocycles. The van der Waals surface area contributed by atoms with Crippen LogP contribution in [0.1, 0.15) is 38.0 Å². The molecule has 2 heterocycles. The van der Waals surface area contributed by atoms with E-state index in [1.165, 1.54) is 10.6 Å². The Kier molecular flexibility index (Phi) is 8.32. The lowest BCUT2D eigenvalue weighted by atomic mass is 10.1. The summed E-state index contributed by atoms with van der Waals surface area (Å²) < 4.78 is 5.66. The van der Waals surface area contributed by atoms with Gasteiger partial charge < -0.3 is 24.9 Å². The molecule has 7 heteroatoms. The highest BCUT2D eigenvalue weighted by molar-refractivity contribution is 6.35. The van der Waals surface area contributed by atoms with Crippen molar-refractivity contribution in [2.24, 2.45) is 0 Å². The van der Waals surface area contributed by atoms with Crippen LogP contribution in [-0.2, 0) is 9.59 Å². The Morgan fingerprint density at radius 2 is 1.77 bits per heavy atom. The Morgan fingerprint density at radius 3 is 2.43 bits per heavy atom.